The highest BCUT2D eigenvalue weighted by Gasteiger charge is 2.48. The van der Waals surface area contributed by atoms with Crippen LogP contribution in [-0.2, 0) is 95.0 Å². The summed E-state index contributed by atoms with van der Waals surface area (Å²) in [6.45, 7) is 10.0. The Morgan fingerprint density at radius 3 is 1.66 bits per heavy atom. The quantitative estimate of drug-likeness (QED) is 0.0580. The number of carboxylic acids is 1. The van der Waals surface area contributed by atoms with Gasteiger partial charge in [0.1, 0.15) is 78.7 Å². The average Bonchev–Trinajstić information content (AvgIpc) is 1.65. The molecule has 31 heteroatoms. The Labute approximate surface area is 656 Å². The minimum atomic E-state index is -4.17. The van der Waals surface area contributed by atoms with Gasteiger partial charge in [-0.2, -0.15) is 0 Å². The van der Waals surface area contributed by atoms with Crippen molar-refractivity contribution in [1.29, 1.82) is 0 Å². The number of fused-ring (bicyclic) bond motifs is 2. The summed E-state index contributed by atoms with van der Waals surface area (Å²) in [4.78, 5) is 148. The van der Waals surface area contributed by atoms with Gasteiger partial charge in [0, 0.05) is 51.6 Å². The zero-order valence-corrected chi connectivity index (χ0v) is 65.4. The van der Waals surface area contributed by atoms with Crippen molar-refractivity contribution >= 4 is 90.7 Å². The molecule has 2 saturated heterocycles. The number of carbonyl (C=O) groups excluding carboxylic acids is 9. The lowest BCUT2D eigenvalue weighted by molar-refractivity contribution is -0.145. The van der Waals surface area contributed by atoms with E-state index in [2.05, 4.69) is 57.6 Å². The van der Waals surface area contributed by atoms with E-state index in [0.717, 1.165) is 21.5 Å². The molecule has 3 unspecified atom stereocenters. The second-order valence-electron chi connectivity index (χ2n) is 30.4. The van der Waals surface area contributed by atoms with E-state index in [-0.39, 0.29) is 77.9 Å². The first-order chi connectivity index (χ1) is 54.0. The van der Waals surface area contributed by atoms with Crippen molar-refractivity contribution in [2.24, 2.45) is 5.41 Å². The third-order valence-electron chi connectivity index (χ3n) is 21.0. The molecule has 7 aliphatic rings. The number of nitrogens with one attached hydrogen (secondary N) is 9. The van der Waals surface area contributed by atoms with E-state index in [0.29, 0.717) is 52.3 Å². The van der Waals surface area contributed by atoms with Gasteiger partial charge in [0.2, 0.25) is 57.3 Å². The van der Waals surface area contributed by atoms with Gasteiger partial charge in [0.05, 0.1) is 42.3 Å². The van der Waals surface area contributed by atoms with Crippen LogP contribution in [0, 0.1) is 5.41 Å². The summed E-state index contributed by atoms with van der Waals surface area (Å²) in [5.41, 5.74) is 1.64. The maximum Gasteiger partial charge on any atom is 0.326 e. The Kier molecular flexibility index (Phi) is 27.1. The van der Waals surface area contributed by atoms with Crippen molar-refractivity contribution in [3.05, 3.63) is 180 Å². The number of likely N-dealkylation sites (N-methyl/N-ethyl adjacent to an activating group) is 2. The molecular formula is C82H100N14O16S. The van der Waals surface area contributed by atoms with Crippen molar-refractivity contribution in [3.8, 4) is 11.5 Å². The van der Waals surface area contributed by atoms with Gasteiger partial charge < -0.3 is 71.7 Å². The molecule has 7 heterocycles. The highest BCUT2D eigenvalue weighted by Crippen LogP contribution is 2.33. The van der Waals surface area contributed by atoms with Crippen LogP contribution in [0.5, 0.6) is 11.5 Å². The molecule has 0 spiro atoms. The van der Waals surface area contributed by atoms with E-state index >= 15 is 19.2 Å². The summed E-state index contributed by atoms with van der Waals surface area (Å²) >= 11 is 0. The molecule has 6 aromatic carbocycles. The molecule has 10 bridgehead atoms. The second-order valence-corrected chi connectivity index (χ2v) is 32.4. The summed E-state index contributed by atoms with van der Waals surface area (Å²) in [6, 6.07) is 26.5. The van der Waals surface area contributed by atoms with E-state index < -0.39 is 152 Å². The zero-order chi connectivity index (χ0) is 80.8. The van der Waals surface area contributed by atoms with Gasteiger partial charge in [-0.1, -0.05) is 148 Å². The number of hydrogen-bond acceptors (Lipinski definition) is 19. The smallest absolute Gasteiger partial charge is 0.326 e. The first-order valence-electron chi connectivity index (χ1n) is 38.2. The number of aliphatic carboxylic acids is 1. The largest absolute Gasteiger partial charge is 0.490 e. The highest BCUT2D eigenvalue weighted by atomic mass is 32.2. The van der Waals surface area contributed by atoms with E-state index in [1.165, 1.54) is 14.5 Å². The number of hydrogen-bond donors (Lipinski definition) is 10. The van der Waals surface area contributed by atoms with Crippen LogP contribution in [0.25, 0.3) is 21.5 Å². The molecule has 3 fully saturated rings. The molecule has 6 aliphatic heterocycles. The lowest BCUT2D eigenvalue weighted by Crippen LogP contribution is -2.60. The number of carbonyl (C=O) groups is 10. The van der Waals surface area contributed by atoms with Crippen molar-refractivity contribution in [2.75, 3.05) is 40.4 Å². The third-order valence-corrected chi connectivity index (χ3v) is 22.8. The second kappa shape index (κ2) is 37.0. The van der Waals surface area contributed by atoms with E-state index in [9.17, 15) is 42.3 Å². The van der Waals surface area contributed by atoms with Crippen molar-refractivity contribution in [1.82, 2.24) is 72.1 Å². The number of aromatic nitrogens is 3. The first-order valence-corrected chi connectivity index (χ1v) is 39.7. The van der Waals surface area contributed by atoms with Crippen LogP contribution in [-0.4, -0.2) is 210 Å². The van der Waals surface area contributed by atoms with E-state index in [4.69, 9.17) is 14.2 Å². The van der Waals surface area contributed by atoms with Gasteiger partial charge in [-0.15, -0.1) is 5.10 Å². The van der Waals surface area contributed by atoms with Gasteiger partial charge in [-0.05, 0) is 127 Å². The maximum atomic E-state index is 15.3. The molecule has 10 N–H and O–H groups in total. The molecule has 30 nitrogen and oxygen atoms in total. The van der Waals surface area contributed by atoms with Gasteiger partial charge >= 0.3 is 5.97 Å². The SMILES string of the molecule is CC[C@H](NC(=O)[C@H](C)NC)C(=O)N1CC2CC1C(=O)N[C@@H](Cc1ccc3ccccc3c1)C(=O)N[C@H](C(=O)NS(=O)(=O)C1CC1)Cc1ccc(cc1)OCc1cn(nn1)C1C[C@@H](C(=O)N[C@@H](Cc3ccc4ccccc4c3)C(=O)N[C@H](C(=O)O)Cc3ccc(cc3)OC/C=C/CO2)N(C(=O)[C@@H](NC(=O)[C@H](C)NC)C(C)(C)C)C1. The lowest BCUT2D eigenvalue weighted by Gasteiger charge is -2.36. The van der Waals surface area contributed by atoms with Crippen LogP contribution in [0.4, 0.5) is 0 Å². The summed E-state index contributed by atoms with van der Waals surface area (Å²) in [6.07, 6.45) is 4.29. The summed E-state index contributed by atoms with van der Waals surface area (Å²) in [7, 11) is -0.962. The van der Waals surface area contributed by atoms with Gasteiger partial charge in [-0.25, -0.2) is 17.9 Å². The van der Waals surface area contributed by atoms with Crippen molar-refractivity contribution in [3.63, 3.8) is 0 Å². The number of sulfonamides is 1. The molecule has 113 heavy (non-hydrogen) atoms. The molecular weight excluding hydrogens is 1470 g/mol. The van der Waals surface area contributed by atoms with Crippen LogP contribution < -0.4 is 56.7 Å². The highest BCUT2D eigenvalue weighted by molar-refractivity contribution is 7.91. The third kappa shape index (κ3) is 21.5. The summed E-state index contributed by atoms with van der Waals surface area (Å²) in [5.74, 6) is -6.90. The zero-order valence-electron chi connectivity index (χ0n) is 64.6. The topological polar surface area (TPSA) is 398 Å². The van der Waals surface area contributed by atoms with Crippen LogP contribution >= 0.6 is 0 Å². The van der Waals surface area contributed by atoms with Crippen molar-refractivity contribution in [2.45, 2.75) is 184 Å². The average molecular weight is 1570 g/mol. The summed E-state index contributed by atoms with van der Waals surface area (Å²) < 4.78 is 49.2. The van der Waals surface area contributed by atoms with Gasteiger partial charge in [0.15, 0.2) is 0 Å². The van der Waals surface area contributed by atoms with E-state index in [1.54, 1.807) is 129 Å². The molecule has 9 amide bonds. The Morgan fingerprint density at radius 1 is 0.611 bits per heavy atom. The molecule has 1 aromatic heterocycles. The molecule has 1 aliphatic carbocycles. The number of amides is 9. The summed E-state index contributed by atoms with van der Waals surface area (Å²) in [5, 5.41) is 45.0. The molecule has 14 rings (SSSR count). The Balaban J connectivity index is 0.914. The van der Waals surface area contributed by atoms with Crippen molar-refractivity contribution < 1.29 is 75.7 Å². The molecule has 600 valence electrons. The number of ether oxygens (including phenoxy) is 3. The van der Waals surface area contributed by atoms with Crippen LogP contribution in [0.1, 0.15) is 108 Å². The Morgan fingerprint density at radius 2 is 1.12 bits per heavy atom. The minimum Gasteiger partial charge on any atom is -0.490 e. The van der Waals surface area contributed by atoms with Crippen LogP contribution in [0.3, 0.4) is 0 Å². The molecule has 7 aromatic rings. The van der Waals surface area contributed by atoms with Gasteiger partial charge in [-0.3, -0.25) is 47.9 Å². The van der Waals surface area contributed by atoms with Crippen LogP contribution in [0.15, 0.2) is 152 Å². The predicted molar refractivity (Wildman–Crippen MR) is 420 cm³/mol. The maximum absolute atomic E-state index is 15.3. The number of carboxylic acid groups (broad SMARTS) is 1. The number of nitrogens with zero attached hydrogens (tertiary/aromatic N) is 5. The first kappa shape index (κ1) is 82.8. The molecule has 1 saturated carbocycles. The number of rotatable bonds is 17. The fraction of sp³-hybridized carbons (Fsp3) is 0.439. The fourth-order valence-corrected chi connectivity index (χ4v) is 15.3. The predicted octanol–water partition coefficient (Wildman–Crippen LogP) is 3.78. The number of benzene rings is 6. The Hall–Kier alpha value is -11.1. The fourth-order valence-electron chi connectivity index (χ4n) is 14.0. The lowest BCUT2D eigenvalue weighted by atomic mass is 9.85. The standard InChI is InChI=1S/C82H100N14O16S/c1-9-64(85-72(97)48(2)83-7)79(104)95-46-62-43-70(95)78(103)88-65(40-52-20-26-54-16-10-12-18-56(54)36-52)74(99)86-67(76(101)92-113(108,109)63-32-33-63)38-50-24-30-61(31-25-50)112-47-58-44-96(93-91-58)59-42-69(94(45-59)80(105)71(82(4,5)6)90-73(98)49(3)84-8)77(102)87-66(41-53-21-27-55-17-11-13-19-57(55)37-53)75(100)89-68(81(106)107)39-51-22-28-60(29-23-51)110-34-14-15-35-111-62/h10-31,36-37,44,48-49,59,62-71,83-84H,9,32-35,38-43,45-47H2,1-8H3,(H,85,97)(H,86,99)(H,87,102)(H,88,103)(H,89,100)(H,90,98)(H,92,101)(H,106,107)/b15-14+/t48-,49-,59?,62?,64-,65-,66-,67-,68-,69-,70?,71+/m0/s1. The van der Waals surface area contributed by atoms with E-state index in [1.807, 2.05) is 78.9 Å². The Bertz CT molecular complexity index is 4780. The molecule has 0 radical (unpaired) electrons. The van der Waals surface area contributed by atoms with Gasteiger partial charge in [0.25, 0.3) is 5.91 Å². The monoisotopic (exact) mass is 1570 g/mol. The number of likely N-dealkylation sites (tertiary alicyclic amines) is 2. The minimum absolute atomic E-state index is 0.00662. The van der Waals surface area contributed by atoms with Crippen LogP contribution in [0.2, 0.25) is 0 Å². The normalized spacial score (nSPS) is 22.6. The molecule has 12 atom stereocenters.